The van der Waals surface area contributed by atoms with Crippen LogP contribution in [-0.4, -0.2) is 72.5 Å². The van der Waals surface area contributed by atoms with Crippen LogP contribution < -0.4 is 5.32 Å². The van der Waals surface area contributed by atoms with E-state index in [-0.39, 0.29) is 24.3 Å². The molecule has 2 heterocycles. The van der Waals surface area contributed by atoms with Crippen molar-refractivity contribution < 1.29 is 14.3 Å². The Kier molecular flexibility index (Phi) is 8.36. The number of carbonyl (C=O) groups excluding carboxylic acids is 2. The van der Waals surface area contributed by atoms with Gasteiger partial charge < -0.3 is 15.0 Å². The number of nitrogens with one attached hydrogen (secondary N) is 1. The summed E-state index contributed by atoms with van der Waals surface area (Å²) < 4.78 is 5.41. The second-order valence-corrected chi connectivity index (χ2v) is 8.29. The van der Waals surface area contributed by atoms with E-state index in [4.69, 9.17) is 4.74 Å². The van der Waals surface area contributed by atoms with Crippen LogP contribution in [0.15, 0.2) is 35.7 Å². The lowest BCUT2D eigenvalue weighted by molar-refractivity contribution is -0.136. The number of hydrogen-bond donors (Lipinski definition) is 1. The van der Waals surface area contributed by atoms with Gasteiger partial charge in [-0.2, -0.15) is 0 Å². The van der Waals surface area contributed by atoms with Crippen LogP contribution in [0.5, 0.6) is 0 Å². The number of hydrogen-bond acceptors (Lipinski definition) is 6. The Morgan fingerprint density at radius 3 is 2.63 bits per heavy atom. The van der Waals surface area contributed by atoms with Gasteiger partial charge in [-0.15, -0.1) is 11.3 Å². The number of anilines is 1. The quantitative estimate of drug-likeness (QED) is 0.662. The number of benzene rings is 1. The van der Waals surface area contributed by atoms with Crippen LogP contribution in [-0.2, 0) is 14.3 Å². The summed E-state index contributed by atoms with van der Waals surface area (Å²) in [6.45, 7) is 8.26. The van der Waals surface area contributed by atoms with Crippen molar-refractivity contribution in [2.24, 2.45) is 0 Å². The molecule has 1 aliphatic rings. The zero-order chi connectivity index (χ0) is 21.3. The Bertz CT molecular complexity index is 821. The summed E-state index contributed by atoms with van der Waals surface area (Å²) in [5.74, 6) is -0.490. The lowest BCUT2D eigenvalue weighted by Crippen LogP contribution is -2.46. The SMILES string of the molecule is CCC(C(=O)N(CCN1CCOCC1)CC(=O)Nc1nc(C)cs1)c1ccccc1. The molecule has 0 bridgehead atoms. The number of nitrogens with zero attached hydrogens (tertiary/aromatic N) is 3. The molecular formula is C22H30N4O3S. The number of amides is 2. The maximum absolute atomic E-state index is 13.4. The molecule has 2 amide bonds. The minimum absolute atomic E-state index is 0.0116. The van der Waals surface area contributed by atoms with E-state index in [0.717, 1.165) is 30.9 Å². The first-order chi connectivity index (χ1) is 14.6. The molecule has 0 radical (unpaired) electrons. The van der Waals surface area contributed by atoms with Crippen LogP contribution in [0.4, 0.5) is 5.13 Å². The van der Waals surface area contributed by atoms with Crippen molar-refractivity contribution in [3.63, 3.8) is 0 Å². The summed E-state index contributed by atoms with van der Waals surface area (Å²) in [5.41, 5.74) is 1.85. The summed E-state index contributed by atoms with van der Waals surface area (Å²) in [5, 5.41) is 5.28. The Labute approximate surface area is 182 Å². The van der Waals surface area contributed by atoms with Crippen molar-refractivity contribution >= 4 is 28.3 Å². The Hall–Kier alpha value is -2.29. The van der Waals surface area contributed by atoms with E-state index in [9.17, 15) is 9.59 Å². The van der Waals surface area contributed by atoms with Crippen molar-refractivity contribution in [3.05, 3.63) is 47.0 Å². The van der Waals surface area contributed by atoms with E-state index >= 15 is 0 Å². The number of rotatable bonds is 9. The van der Waals surface area contributed by atoms with Crippen molar-refractivity contribution in [2.75, 3.05) is 51.3 Å². The second kappa shape index (κ2) is 11.2. The number of aryl methyl sites for hydroxylation is 1. The topological polar surface area (TPSA) is 74.8 Å². The van der Waals surface area contributed by atoms with Gasteiger partial charge in [0.25, 0.3) is 0 Å². The largest absolute Gasteiger partial charge is 0.379 e. The van der Waals surface area contributed by atoms with Crippen LogP contribution >= 0.6 is 11.3 Å². The highest BCUT2D eigenvalue weighted by Gasteiger charge is 2.27. The van der Waals surface area contributed by atoms with Gasteiger partial charge in [0.1, 0.15) is 0 Å². The molecule has 1 saturated heterocycles. The predicted octanol–water partition coefficient (Wildman–Crippen LogP) is 2.74. The van der Waals surface area contributed by atoms with Crippen LogP contribution in [0.2, 0.25) is 0 Å². The molecule has 0 aliphatic carbocycles. The van der Waals surface area contributed by atoms with Gasteiger partial charge in [0.05, 0.1) is 31.4 Å². The first-order valence-electron chi connectivity index (χ1n) is 10.4. The minimum atomic E-state index is -0.259. The fourth-order valence-electron chi connectivity index (χ4n) is 3.56. The highest BCUT2D eigenvalue weighted by molar-refractivity contribution is 7.13. The molecule has 0 saturated carbocycles. The maximum Gasteiger partial charge on any atom is 0.245 e. The van der Waals surface area contributed by atoms with E-state index in [2.05, 4.69) is 15.2 Å². The van der Waals surface area contributed by atoms with Crippen LogP contribution in [0.3, 0.4) is 0 Å². The molecule has 30 heavy (non-hydrogen) atoms. The van der Waals surface area contributed by atoms with E-state index in [1.165, 1.54) is 11.3 Å². The Morgan fingerprint density at radius 2 is 2.00 bits per heavy atom. The summed E-state index contributed by atoms with van der Waals surface area (Å²) in [4.78, 5) is 34.3. The molecule has 2 aromatic rings. The normalized spacial score (nSPS) is 15.5. The van der Waals surface area contributed by atoms with Gasteiger partial charge in [0, 0.05) is 31.6 Å². The lowest BCUT2D eigenvalue weighted by atomic mass is 9.95. The van der Waals surface area contributed by atoms with E-state index < -0.39 is 0 Å². The smallest absolute Gasteiger partial charge is 0.245 e. The molecule has 1 N–H and O–H groups in total. The third-order valence-corrected chi connectivity index (χ3v) is 6.09. The van der Waals surface area contributed by atoms with Crippen molar-refractivity contribution in [1.29, 1.82) is 0 Å². The van der Waals surface area contributed by atoms with E-state index in [1.54, 1.807) is 4.90 Å². The molecule has 1 unspecified atom stereocenters. The third kappa shape index (κ3) is 6.35. The minimum Gasteiger partial charge on any atom is -0.379 e. The van der Waals surface area contributed by atoms with Crippen LogP contribution in [0, 0.1) is 6.92 Å². The molecule has 1 aliphatic heterocycles. The average molecular weight is 431 g/mol. The van der Waals surface area contributed by atoms with E-state index in [1.807, 2.05) is 49.6 Å². The third-order valence-electron chi connectivity index (χ3n) is 5.21. The molecule has 7 nitrogen and oxygen atoms in total. The molecule has 1 aromatic carbocycles. The van der Waals surface area contributed by atoms with Gasteiger partial charge in [-0.1, -0.05) is 37.3 Å². The molecule has 1 atom stereocenters. The maximum atomic E-state index is 13.4. The summed E-state index contributed by atoms with van der Waals surface area (Å²) in [6, 6.07) is 9.79. The molecule has 162 valence electrons. The van der Waals surface area contributed by atoms with Gasteiger partial charge >= 0.3 is 0 Å². The number of thiazole rings is 1. The number of aromatic nitrogens is 1. The summed E-state index contributed by atoms with van der Waals surface area (Å²) >= 11 is 1.39. The van der Waals surface area contributed by atoms with Crippen LogP contribution in [0.1, 0.15) is 30.5 Å². The molecular weight excluding hydrogens is 400 g/mol. The van der Waals surface area contributed by atoms with Gasteiger partial charge in [-0.25, -0.2) is 4.98 Å². The number of morpholine rings is 1. The van der Waals surface area contributed by atoms with Crippen LogP contribution in [0.25, 0.3) is 0 Å². The fraction of sp³-hybridized carbons (Fsp3) is 0.500. The predicted molar refractivity (Wildman–Crippen MR) is 119 cm³/mol. The monoisotopic (exact) mass is 430 g/mol. The Balaban J connectivity index is 1.69. The standard InChI is InChI=1S/C22H30N4O3S/c1-3-19(18-7-5-4-6-8-18)21(28)26(10-9-25-11-13-29-14-12-25)15-20(27)24-22-23-17(2)16-30-22/h4-8,16,19H,3,9-15H2,1-2H3,(H,23,24,27). The second-order valence-electron chi connectivity index (χ2n) is 7.43. The zero-order valence-corrected chi connectivity index (χ0v) is 18.5. The first kappa shape index (κ1) is 22.4. The zero-order valence-electron chi connectivity index (χ0n) is 17.7. The van der Waals surface area contributed by atoms with E-state index in [0.29, 0.717) is 31.3 Å². The first-order valence-corrected chi connectivity index (χ1v) is 11.3. The number of carbonyl (C=O) groups is 2. The average Bonchev–Trinajstić information content (AvgIpc) is 3.17. The number of ether oxygens (including phenoxy) is 1. The molecule has 8 heteroatoms. The summed E-state index contributed by atoms with van der Waals surface area (Å²) in [6.07, 6.45) is 0.685. The van der Waals surface area contributed by atoms with Gasteiger partial charge in [-0.3, -0.25) is 14.5 Å². The van der Waals surface area contributed by atoms with Crippen molar-refractivity contribution in [2.45, 2.75) is 26.2 Å². The van der Waals surface area contributed by atoms with Gasteiger partial charge in [0.15, 0.2) is 5.13 Å². The van der Waals surface area contributed by atoms with Crippen molar-refractivity contribution in [3.8, 4) is 0 Å². The fourth-order valence-corrected chi connectivity index (χ4v) is 4.26. The Morgan fingerprint density at radius 1 is 1.27 bits per heavy atom. The van der Waals surface area contributed by atoms with Gasteiger partial charge in [-0.05, 0) is 18.9 Å². The van der Waals surface area contributed by atoms with Crippen molar-refractivity contribution in [1.82, 2.24) is 14.8 Å². The molecule has 0 spiro atoms. The van der Waals surface area contributed by atoms with Gasteiger partial charge in [0.2, 0.25) is 11.8 Å². The summed E-state index contributed by atoms with van der Waals surface area (Å²) in [7, 11) is 0. The molecule has 1 aromatic heterocycles. The lowest BCUT2D eigenvalue weighted by Gasteiger charge is -2.31. The highest BCUT2D eigenvalue weighted by Crippen LogP contribution is 2.22. The molecule has 1 fully saturated rings. The highest BCUT2D eigenvalue weighted by atomic mass is 32.1. The molecule has 3 rings (SSSR count).